The number of amides is 1. The second-order valence-electron chi connectivity index (χ2n) is 4.80. The summed E-state index contributed by atoms with van der Waals surface area (Å²) in [5, 5.41) is 0. The van der Waals surface area contributed by atoms with Crippen LogP contribution in [0.2, 0.25) is 0 Å². The minimum atomic E-state index is 0.00791. The minimum Gasteiger partial charge on any atom is -0.383 e. The van der Waals surface area contributed by atoms with Gasteiger partial charge in [-0.3, -0.25) is 4.79 Å². The molecule has 0 atom stereocenters. The van der Waals surface area contributed by atoms with Crippen molar-refractivity contribution < 1.29 is 14.3 Å². The van der Waals surface area contributed by atoms with Crippen LogP contribution in [0.4, 0.5) is 11.4 Å². The first-order valence-electron chi connectivity index (χ1n) is 6.90. The summed E-state index contributed by atoms with van der Waals surface area (Å²) in [5.41, 5.74) is 2.05. The van der Waals surface area contributed by atoms with Crippen molar-refractivity contribution in [3.05, 3.63) is 24.3 Å². The van der Waals surface area contributed by atoms with Crippen LogP contribution >= 0.6 is 0 Å². The van der Waals surface area contributed by atoms with Gasteiger partial charge in [-0.05, 0) is 18.6 Å². The normalized spacial score (nSPS) is 14.9. The molecule has 1 aromatic rings. The highest BCUT2D eigenvalue weighted by molar-refractivity contribution is 5.97. The summed E-state index contributed by atoms with van der Waals surface area (Å²) >= 11 is 0. The highest BCUT2D eigenvalue weighted by Crippen LogP contribution is 2.32. The lowest BCUT2D eigenvalue weighted by Crippen LogP contribution is -2.34. The van der Waals surface area contributed by atoms with Crippen LogP contribution < -0.4 is 9.80 Å². The quantitative estimate of drug-likeness (QED) is 0.819. The molecule has 20 heavy (non-hydrogen) atoms. The number of nitrogens with zero attached hydrogens (tertiary/aromatic N) is 2. The molecule has 0 saturated carbocycles. The number of carbonyl (C=O) groups excluding carboxylic acids is 1. The molecule has 1 heterocycles. The van der Waals surface area contributed by atoms with Gasteiger partial charge in [0.15, 0.2) is 0 Å². The Morgan fingerprint density at radius 3 is 2.60 bits per heavy atom. The average molecular weight is 278 g/mol. The SMILES string of the molecule is COCCN1CCCN(C(=O)COC)c2ccccc21. The van der Waals surface area contributed by atoms with Crippen molar-refractivity contribution in [2.75, 3.05) is 56.9 Å². The number of hydrogen-bond acceptors (Lipinski definition) is 4. The molecule has 0 aromatic heterocycles. The lowest BCUT2D eigenvalue weighted by Gasteiger charge is -2.26. The van der Waals surface area contributed by atoms with E-state index in [1.54, 1.807) is 14.2 Å². The molecule has 0 radical (unpaired) electrons. The van der Waals surface area contributed by atoms with E-state index in [2.05, 4.69) is 11.0 Å². The standard InChI is InChI=1S/C15H22N2O3/c1-19-11-10-16-8-5-9-17(15(18)12-20-2)14-7-4-3-6-13(14)16/h3-4,6-7H,5,8-12H2,1-2H3. The summed E-state index contributed by atoms with van der Waals surface area (Å²) < 4.78 is 10.2. The molecule has 5 heteroatoms. The Morgan fingerprint density at radius 2 is 1.90 bits per heavy atom. The van der Waals surface area contributed by atoms with Crippen molar-refractivity contribution in [1.82, 2.24) is 0 Å². The van der Waals surface area contributed by atoms with Crippen LogP contribution in [-0.2, 0) is 14.3 Å². The third-order valence-electron chi connectivity index (χ3n) is 3.46. The van der Waals surface area contributed by atoms with E-state index in [0.717, 1.165) is 37.4 Å². The van der Waals surface area contributed by atoms with Crippen LogP contribution in [0, 0.1) is 0 Å². The lowest BCUT2D eigenvalue weighted by atomic mass is 10.2. The number of hydrogen-bond donors (Lipinski definition) is 0. The fourth-order valence-electron chi connectivity index (χ4n) is 2.51. The smallest absolute Gasteiger partial charge is 0.253 e. The molecule has 0 saturated heterocycles. The zero-order chi connectivity index (χ0) is 14.4. The molecular formula is C15H22N2O3. The number of methoxy groups -OCH3 is 2. The molecule has 0 unspecified atom stereocenters. The third kappa shape index (κ3) is 3.29. The Labute approximate surface area is 120 Å². The van der Waals surface area contributed by atoms with Crippen LogP contribution in [0.3, 0.4) is 0 Å². The van der Waals surface area contributed by atoms with Crippen LogP contribution in [-0.4, -0.2) is 53.0 Å². The van der Waals surface area contributed by atoms with Gasteiger partial charge in [-0.25, -0.2) is 0 Å². The summed E-state index contributed by atoms with van der Waals surface area (Å²) in [6.07, 6.45) is 0.938. The predicted octanol–water partition coefficient (Wildman–Crippen LogP) is 1.52. The summed E-state index contributed by atoms with van der Waals surface area (Å²) in [6, 6.07) is 8.02. The number of rotatable bonds is 5. The minimum absolute atomic E-state index is 0.00791. The van der Waals surface area contributed by atoms with Crippen LogP contribution in [0.15, 0.2) is 24.3 Å². The molecule has 1 aliphatic heterocycles. The number of ether oxygens (including phenoxy) is 2. The fourth-order valence-corrected chi connectivity index (χ4v) is 2.51. The summed E-state index contributed by atoms with van der Waals surface area (Å²) in [6.45, 7) is 3.28. The summed E-state index contributed by atoms with van der Waals surface area (Å²) in [7, 11) is 3.25. The van der Waals surface area contributed by atoms with E-state index in [9.17, 15) is 4.79 Å². The van der Waals surface area contributed by atoms with Crippen molar-refractivity contribution in [2.45, 2.75) is 6.42 Å². The van der Waals surface area contributed by atoms with Gasteiger partial charge in [0.2, 0.25) is 0 Å². The predicted molar refractivity (Wildman–Crippen MR) is 79.4 cm³/mol. The Balaban J connectivity index is 2.27. The Bertz CT molecular complexity index is 450. The molecule has 110 valence electrons. The second-order valence-corrected chi connectivity index (χ2v) is 4.80. The van der Waals surface area contributed by atoms with Crippen molar-refractivity contribution in [1.29, 1.82) is 0 Å². The third-order valence-corrected chi connectivity index (χ3v) is 3.46. The maximum absolute atomic E-state index is 12.2. The molecule has 0 aliphatic carbocycles. The van der Waals surface area contributed by atoms with Gasteiger partial charge in [0.05, 0.1) is 18.0 Å². The summed E-state index contributed by atoms with van der Waals surface area (Å²) in [5.74, 6) is 0.00791. The maximum atomic E-state index is 12.2. The zero-order valence-electron chi connectivity index (χ0n) is 12.2. The van der Waals surface area contributed by atoms with Crippen molar-refractivity contribution in [3.8, 4) is 0 Å². The number of anilines is 2. The maximum Gasteiger partial charge on any atom is 0.253 e. The largest absolute Gasteiger partial charge is 0.383 e. The molecule has 5 nitrogen and oxygen atoms in total. The first-order valence-corrected chi connectivity index (χ1v) is 6.90. The molecule has 0 fully saturated rings. The number of para-hydroxylation sites is 2. The zero-order valence-corrected chi connectivity index (χ0v) is 12.2. The Hall–Kier alpha value is -1.59. The molecule has 0 N–H and O–H groups in total. The van der Waals surface area contributed by atoms with E-state index in [4.69, 9.17) is 9.47 Å². The van der Waals surface area contributed by atoms with E-state index >= 15 is 0 Å². The van der Waals surface area contributed by atoms with Gasteiger partial charge in [-0.15, -0.1) is 0 Å². The van der Waals surface area contributed by atoms with Crippen molar-refractivity contribution in [3.63, 3.8) is 0 Å². The number of benzene rings is 1. The number of carbonyl (C=O) groups is 1. The van der Waals surface area contributed by atoms with Gasteiger partial charge in [-0.2, -0.15) is 0 Å². The van der Waals surface area contributed by atoms with Crippen LogP contribution in [0.1, 0.15) is 6.42 Å². The van der Waals surface area contributed by atoms with E-state index in [0.29, 0.717) is 6.61 Å². The highest BCUT2D eigenvalue weighted by Gasteiger charge is 2.23. The first-order chi connectivity index (χ1) is 9.77. The molecule has 1 aliphatic rings. The van der Waals surface area contributed by atoms with E-state index < -0.39 is 0 Å². The van der Waals surface area contributed by atoms with E-state index in [1.807, 2.05) is 23.1 Å². The molecular weight excluding hydrogens is 256 g/mol. The molecule has 2 rings (SSSR count). The Kier molecular flexibility index (Phi) is 5.38. The van der Waals surface area contributed by atoms with Gasteiger partial charge in [0, 0.05) is 33.9 Å². The van der Waals surface area contributed by atoms with Gasteiger partial charge in [0.25, 0.3) is 5.91 Å². The van der Waals surface area contributed by atoms with Gasteiger partial charge in [0.1, 0.15) is 6.61 Å². The molecule has 0 bridgehead atoms. The van der Waals surface area contributed by atoms with Crippen molar-refractivity contribution in [2.24, 2.45) is 0 Å². The van der Waals surface area contributed by atoms with Crippen LogP contribution in [0.25, 0.3) is 0 Å². The second kappa shape index (κ2) is 7.26. The Morgan fingerprint density at radius 1 is 1.15 bits per heavy atom. The fraction of sp³-hybridized carbons (Fsp3) is 0.533. The van der Waals surface area contributed by atoms with Crippen molar-refractivity contribution >= 4 is 17.3 Å². The average Bonchev–Trinajstić information content (AvgIpc) is 2.65. The first kappa shape index (κ1) is 14.8. The number of fused-ring (bicyclic) bond motifs is 1. The molecule has 1 amide bonds. The lowest BCUT2D eigenvalue weighted by molar-refractivity contribution is -0.122. The van der Waals surface area contributed by atoms with E-state index in [-0.39, 0.29) is 12.5 Å². The monoisotopic (exact) mass is 278 g/mol. The van der Waals surface area contributed by atoms with Gasteiger partial charge < -0.3 is 19.3 Å². The highest BCUT2D eigenvalue weighted by atomic mass is 16.5. The van der Waals surface area contributed by atoms with Gasteiger partial charge >= 0.3 is 0 Å². The molecule has 0 spiro atoms. The van der Waals surface area contributed by atoms with Gasteiger partial charge in [-0.1, -0.05) is 12.1 Å². The molecule has 1 aromatic carbocycles. The van der Waals surface area contributed by atoms with Crippen LogP contribution in [0.5, 0.6) is 0 Å². The summed E-state index contributed by atoms with van der Waals surface area (Å²) in [4.78, 5) is 16.3. The van der Waals surface area contributed by atoms with E-state index in [1.165, 1.54) is 0 Å². The topological polar surface area (TPSA) is 42.0 Å².